The molecule has 3 aromatic rings. The number of anilines is 1. The van der Waals surface area contributed by atoms with Crippen LogP contribution in [0, 0.1) is 13.8 Å². The van der Waals surface area contributed by atoms with Crippen LogP contribution in [0.2, 0.25) is 0 Å². The zero-order valence-electron chi connectivity index (χ0n) is 14.7. The van der Waals surface area contributed by atoms with Crippen LogP contribution in [0.25, 0.3) is 10.6 Å². The number of aryl methyl sites for hydroxylation is 1. The SMILES string of the molecule is Cc1cccc(NC(=O)Cc2csc(-c3ccc(C(F)(F)F)cc3)n2)c1C. The average molecular weight is 390 g/mol. The number of nitrogens with zero attached hydrogens (tertiary/aromatic N) is 1. The minimum Gasteiger partial charge on any atom is -0.325 e. The smallest absolute Gasteiger partial charge is 0.325 e. The summed E-state index contributed by atoms with van der Waals surface area (Å²) in [7, 11) is 0. The Kier molecular flexibility index (Phi) is 5.32. The molecular formula is C20H17F3N2OS. The van der Waals surface area contributed by atoms with Crippen molar-refractivity contribution in [2.24, 2.45) is 0 Å². The first-order valence-electron chi connectivity index (χ1n) is 8.22. The summed E-state index contributed by atoms with van der Waals surface area (Å²) < 4.78 is 37.9. The van der Waals surface area contributed by atoms with Gasteiger partial charge >= 0.3 is 6.18 Å². The normalized spacial score (nSPS) is 11.4. The maximum absolute atomic E-state index is 12.6. The van der Waals surface area contributed by atoms with Crippen molar-refractivity contribution in [2.75, 3.05) is 5.32 Å². The van der Waals surface area contributed by atoms with Gasteiger partial charge in [-0.25, -0.2) is 4.98 Å². The molecule has 3 nitrogen and oxygen atoms in total. The molecule has 27 heavy (non-hydrogen) atoms. The number of thiazole rings is 1. The van der Waals surface area contributed by atoms with Crippen LogP contribution in [0.3, 0.4) is 0 Å². The lowest BCUT2D eigenvalue weighted by molar-refractivity contribution is -0.137. The van der Waals surface area contributed by atoms with Gasteiger partial charge in [-0.3, -0.25) is 4.79 Å². The molecule has 1 amide bonds. The second-order valence-electron chi connectivity index (χ2n) is 6.19. The van der Waals surface area contributed by atoms with Gasteiger partial charge in [0.1, 0.15) is 5.01 Å². The van der Waals surface area contributed by atoms with Crippen molar-refractivity contribution in [3.63, 3.8) is 0 Å². The third kappa shape index (κ3) is 4.54. The van der Waals surface area contributed by atoms with E-state index < -0.39 is 11.7 Å². The van der Waals surface area contributed by atoms with E-state index in [4.69, 9.17) is 0 Å². The van der Waals surface area contributed by atoms with Gasteiger partial charge < -0.3 is 5.32 Å². The number of rotatable bonds is 4. The molecule has 0 bridgehead atoms. The quantitative estimate of drug-likeness (QED) is 0.628. The van der Waals surface area contributed by atoms with E-state index in [-0.39, 0.29) is 12.3 Å². The van der Waals surface area contributed by atoms with Gasteiger partial charge in [0, 0.05) is 16.6 Å². The Bertz CT molecular complexity index is 962. The molecule has 7 heteroatoms. The van der Waals surface area contributed by atoms with E-state index >= 15 is 0 Å². The highest BCUT2D eigenvalue weighted by atomic mass is 32.1. The van der Waals surface area contributed by atoms with E-state index in [1.165, 1.54) is 23.5 Å². The largest absolute Gasteiger partial charge is 0.416 e. The van der Waals surface area contributed by atoms with E-state index in [9.17, 15) is 18.0 Å². The van der Waals surface area contributed by atoms with E-state index in [0.717, 1.165) is 28.9 Å². The Labute approximate surface area is 158 Å². The molecule has 1 heterocycles. The van der Waals surface area contributed by atoms with Crippen LogP contribution < -0.4 is 5.32 Å². The number of carbonyl (C=O) groups excluding carboxylic acids is 1. The molecule has 0 aliphatic heterocycles. The van der Waals surface area contributed by atoms with Crippen LogP contribution in [0.5, 0.6) is 0 Å². The van der Waals surface area contributed by atoms with Gasteiger partial charge in [-0.1, -0.05) is 24.3 Å². The molecule has 0 unspecified atom stereocenters. The Morgan fingerprint density at radius 2 is 1.81 bits per heavy atom. The summed E-state index contributed by atoms with van der Waals surface area (Å²) in [5.41, 5.74) is 3.33. The van der Waals surface area contributed by atoms with Gasteiger partial charge in [0.25, 0.3) is 0 Å². The molecule has 140 valence electrons. The highest BCUT2D eigenvalue weighted by molar-refractivity contribution is 7.13. The third-order valence-corrected chi connectivity index (χ3v) is 5.17. The van der Waals surface area contributed by atoms with Crippen LogP contribution in [0.4, 0.5) is 18.9 Å². The maximum Gasteiger partial charge on any atom is 0.416 e. The highest BCUT2D eigenvalue weighted by Gasteiger charge is 2.30. The lowest BCUT2D eigenvalue weighted by Crippen LogP contribution is -2.15. The summed E-state index contributed by atoms with van der Waals surface area (Å²) in [5, 5.41) is 5.20. The van der Waals surface area contributed by atoms with Gasteiger partial charge in [-0.05, 0) is 43.2 Å². The topological polar surface area (TPSA) is 42.0 Å². The van der Waals surface area contributed by atoms with Crippen molar-refractivity contribution < 1.29 is 18.0 Å². The third-order valence-electron chi connectivity index (χ3n) is 4.23. The number of alkyl halides is 3. The van der Waals surface area contributed by atoms with Crippen LogP contribution in [0.1, 0.15) is 22.4 Å². The van der Waals surface area contributed by atoms with Gasteiger partial charge in [0.05, 0.1) is 17.7 Å². The number of carbonyl (C=O) groups is 1. The standard InChI is InChI=1S/C20H17F3N2OS/c1-12-4-3-5-17(13(12)2)25-18(26)10-16-11-27-19(24-16)14-6-8-15(9-7-14)20(21,22)23/h3-9,11H,10H2,1-2H3,(H,25,26). The molecule has 0 radical (unpaired) electrons. The molecule has 1 N–H and O–H groups in total. The molecule has 2 aromatic carbocycles. The Morgan fingerprint density at radius 1 is 1.11 bits per heavy atom. The summed E-state index contributed by atoms with van der Waals surface area (Å²) in [4.78, 5) is 16.6. The zero-order valence-corrected chi connectivity index (χ0v) is 15.5. The molecule has 0 spiro atoms. The molecular weight excluding hydrogens is 373 g/mol. The van der Waals surface area contributed by atoms with E-state index in [0.29, 0.717) is 16.3 Å². The molecule has 0 saturated carbocycles. The highest BCUT2D eigenvalue weighted by Crippen LogP contribution is 2.31. The average Bonchev–Trinajstić information content (AvgIpc) is 3.07. The summed E-state index contributed by atoms with van der Waals surface area (Å²) in [5.74, 6) is -0.187. The number of nitrogens with one attached hydrogen (secondary N) is 1. The first-order chi connectivity index (χ1) is 12.7. The van der Waals surface area contributed by atoms with E-state index in [1.807, 2.05) is 32.0 Å². The number of aromatic nitrogens is 1. The van der Waals surface area contributed by atoms with Crippen LogP contribution in [0.15, 0.2) is 47.8 Å². The second kappa shape index (κ2) is 7.52. The first-order valence-corrected chi connectivity index (χ1v) is 9.10. The van der Waals surface area contributed by atoms with E-state index in [1.54, 1.807) is 5.38 Å². The summed E-state index contributed by atoms with van der Waals surface area (Å²) >= 11 is 1.30. The number of hydrogen-bond donors (Lipinski definition) is 1. The van der Waals surface area contributed by atoms with Gasteiger partial charge in [-0.15, -0.1) is 11.3 Å². The monoisotopic (exact) mass is 390 g/mol. The minimum absolute atomic E-state index is 0.102. The van der Waals surface area contributed by atoms with Crippen molar-refractivity contribution in [1.82, 2.24) is 4.98 Å². The number of halogens is 3. The van der Waals surface area contributed by atoms with Crippen molar-refractivity contribution in [1.29, 1.82) is 0 Å². The lowest BCUT2D eigenvalue weighted by Gasteiger charge is -2.09. The van der Waals surface area contributed by atoms with Crippen LogP contribution in [-0.2, 0) is 17.4 Å². The van der Waals surface area contributed by atoms with Gasteiger partial charge in [0.15, 0.2) is 0 Å². The van der Waals surface area contributed by atoms with Crippen LogP contribution >= 0.6 is 11.3 Å². The second-order valence-corrected chi connectivity index (χ2v) is 7.05. The fraction of sp³-hybridized carbons (Fsp3) is 0.200. The van der Waals surface area contributed by atoms with Crippen LogP contribution in [-0.4, -0.2) is 10.9 Å². The molecule has 3 rings (SSSR count). The molecule has 1 aromatic heterocycles. The van der Waals surface area contributed by atoms with E-state index in [2.05, 4.69) is 10.3 Å². The molecule has 0 atom stereocenters. The van der Waals surface area contributed by atoms with Crippen molar-refractivity contribution >= 4 is 22.9 Å². The molecule has 0 aliphatic rings. The maximum atomic E-state index is 12.6. The Morgan fingerprint density at radius 3 is 2.48 bits per heavy atom. The Balaban J connectivity index is 1.69. The summed E-state index contributed by atoms with van der Waals surface area (Å²) in [6.45, 7) is 3.91. The summed E-state index contributed by atoms with van der Waals surface area (Å²) in [6, 6.07) is 10.5. The van der Waals surface area contributed by atoms with Crippen molar-refractivity contribution in [3.8, 4) is 10.6 Å². The fourth-order valence-corrected chi connectivity index (χ4v) is 3.39. The minimum atomic E-state index is -4.36. The Hall–Kier alpha value is -2.67. The zero-order chi connectivity index (χ0) is 19.6. The fourth-order valence-electron chi connectivity index (χ4n) is 2.57. The molecule has 0 saturated heterocycles. The van der Waals surface area contributed by atoms with Crippen molar-refractivity contribution in [2.45, 2.75) is 26.4 Å². The van der Waals surface area contributed by atoms with Gasteiger partial charge in [-0.2, -0.15) is 13.2 Å². The predicted molar refractivity (Wildman–Crippen MR) is 101 cm³/mol. The lowest BCUT2D eigenvalue weighted by atomic mass is 10.1. The summed E-state index contributed by atoms with van der Waals surface area (Å²) in [6.07, 6.45) is -4.26. The number of amides is 1. The number of hydrogen-bond acceptors (Lipinski definition) is 3. The molecule has 0 fully saturated rings. The van der Waals surface area contributed by atoms with Gasteiger partial charge in [0.2, 0.25) is 5.91 Å². The predicted octanol–water partition coefficient (Wildman–Crippen LogP) is 5.63. The first kappa shape index (κ1) is 19.1. The number of benzene rings is 2. The molecule has 0 aliphatic carbocycles. The van der Waals surface area contributed by atoms with Crippen molar-refractivity contribution in [3.05, 3.63) is 70.2 Å².